The van der Waals surface area contributed by atoms with Crippen molar-refractivity contribution in [2.24, 2.45) is 0 Å². The van der Waals surface area contributed by atoms with Crippen LogP contribution in [0.25, 0.3) is 0 Å². The zero-order chi connectivity index (χ0) is 16.6. The molecule has 1 heterocycles. The van der Waals surface area contributed by atoms with Gasteiger partial charge < -0.3 is 5.73 Å². The number of likely N-dealkylation sites (N-methyl/N-ethyl adjacent to an activating group) is 1. The Labute approximate surface area is 133 Å². The van der Waals surface area contributed by atoms with Crippen molar-refractivity contribution in [1.82, 2.24) is 4.90 Å². The summed E-state index contributed by atoms with van der Waals surface area (Å²) in [4.78, 5) is 39.0. The molecule has 0 radical (unpaired) electrons. The number of amides is 2. The third-order valence-corrected chi connectivity index (χ3v) is 4.29. The molecule has 5 heteroatoms. The molecule has 1 saturated heterocycles. The molecule has 2 aromatic carbocycles. The first-order valence-electron chi connectivity index (χ1n) is 7.23. The molecular formula is C18H16N2O3. The molecule has 0 aromatic heterocycles. The first-order valence-corrected chi connectivity index (χ1v) is 7.23. The molecule has 116 valence electrons. The van der Waals surface area contributed by atoms with E-state index in [1.54, 1.807) is 54.6 Å². The summed E-state index contributed by atoms with van der Waals surface area (Å²) < 4.78 is 0. The summed E-state index contributed by atoms with van der Waals surface area (Å²) in [5.74, 6) is -1.23. The number of Topliss-reactive ketones (excluding diaryl/α,β-unsaturated/α-hetero) is 1. The Kier molecular flexibility index (Phi) is 3.48. The van der Waals surface area contributed by atoms with E-state index in [9.17, 15) is 14.4 Å². The van der Waals surface area contributed by atoms with Crippen LogP contribution in [0.2, 0.25) is 0 Å². The van der Waals surface area contributed by atoms with Crippen LogP contribution in [0.5, 0.6) is 0 Å². The Balaban J connectivity index is 2.17. The van der Waals surface area contributed by atoms with Crippen LogP contribution in [0.15, 0.2) is 54.6 Å². The second-order valence-corrected chi connectivity index (χ2v) is 5.66. The number of hydrogen-bond acceptors (Lipinski definition) is 4. The molecule has 1 fully saturated rings. The number of nitrogen functional groups attached to an aromatic ring is 1. The maximum absolute atomic E-state index is 13.1. The second kappa shape index (κ2) is 5.35. The fourth-order valence-electron chi connectivity index (χ4n) is 2.96. The first kappa shape index (κ1) is 15.0. The molecule has 3 rings (SSSR count). The van der Waals surface area contributed by atoms with Crippen LogP contribution < -0.4 is 5.73 Å². The fourth-order valence-corrected chi connectivity index (χ4v) is 2.96. The van der Waals surface area contributed by atoms with Crippen LogP contribution >= 0.6 is 0 Å². The van der Waals surface area contributed by atoms with Crippen molar-refractivity contribution in [3.05, 3.63) is 65.7 Å². The molecule has 0 spiro atoms. The lowest BCUT2D eigenvalue weighted by Crippen LogP contribution is -2.43. The Hall–Kier alpha value is -2.95. The lowest BCUT2D eigenvalue weighted by atomic mass is 9.73. The molecule has 1 aliphatic rings. The highest BCUT2D eigenvalue weighted by atomic mass is 16.2. The van der Waals surface area contributed by atoms with E-state index in [1.165, 1.54) is 7.05 Å². The van der Waals surface area contributed by atoms with E-state index in [-0.39, 0.29) is 18.1 Å². The first-order chi connectivity index (χ1) is 11.0. The van der Waals surface area contributed by atoms with Crippen LogP contribution in [0, 0.1) is 0 Å². The Morgan fingerprint density at radius 3 is 2.17 bits per heavy atom. The van der Waals surface area contributed by atoms with Gasteiger partial charge in [0.05, 0.1) is 6.42 Å². The third kappa shape index (κ3) is 2.21. The normalized spacial score (nSPS) is 20.8. The number of carbonyl (C=O) groups excluding carboxylic acids is 3. The topological polar surface area (TPSA) is 80.5 Å². The fraction of sp³-hybridized carbons (Fsp3) is 0.167. The van der Waals surface area contributed by atoms with Gasteiger partial charge >= 0.3 is 0 Å². The van der Waals surface area contributed by atoms with Gasteiger partial charge in [0.2, 0.25) is 11.8 Å². The second-order valence-electron chi connectivity index (χ2n) is 5.66. The molecule has 1 atom stereocenters. The predicted molar refractivity (Wildman–Crippen MR) is 85.7 cm³/mol. The maximum Gasteiger partial charge on any atom is 0.248 e. The summed E-state index contributed by atoms with van der Waals surface area (Å²) in [6.07, 6.45) is -0.157. The number of nitrogens with two attached hydrogens (primary N) is 1. The number of ketones is 1. The number of carbonyl (C=O) groups is 3. The molecular weight excluding hydrogens is 292 g/mol. The number of anilines is 1. The minimum atomic E-state index is -1.50. The van der Waals surface area contributed by atoms with E-state index in [4.69, 9.17) is 5.73 Å². The highest BCUT2D eigenvalue weighted by molar-refractivity contribution is 6.26. The quantitative estimate of drug-likeness (QED) is 0.405. The summed E-state index contributed by atoms with van der Waals surface area (Å²) in [5, 5.41) is 0. The summed E-state index contributed by atoms with van der Waals surface area (Å²) in [6.45, 7) is 0. The number of nitrogens with zero attached hydrogens (tertiary/aromatic N) is 1. The molecule has 5 nitrogen and oxygen atoms in total. The van der Waals surface area contributed by atoms with E-state index in [2.05, 4.69) is 0 Å². The highest BCUT2D eigenvalue weighted by Crippen LogP contribution is 2.39. The number of rotatable bonds is 3. The predicted octanol–water partition coefficient (Wildman–Crippen LogP) is 1.78. The largest absolute Gasteiger partial charge is 0.399 e. The molecule has 2 N–H and O–H groups in total. The molecule has 2 amide bonds. The monoisotopic (exact) mass is 308 g/mol. The van der Waals surface area contributed by atoms with Crippen molar-refractivity contribution in [3.8, 4) is 0 Å². The number of benzene rings is 2. The van der Waals surface area contributed by atoms with Gasteiger partial charge in [-0.2, -0.15) is 0 Å². The van der Waals surface area contributed by atoms with Crippen molar-refractivity contribution >= 4 is 23.3 Å². The van der Waals surface area contributed by atoms with Crippen molar-refractivity contribution in [2.45, 2.75) is 11.8 Å². The zero-order valence-corrected chi connectivity index (χ0v) is 12.7. The van der Waals surface area contributed by atoms with Crippen molar-refractivity contribution in [1.29, 1.82) is 0 Å². The molecule has 0 aliphatic carbocycles. The van der Waals surface area contributed by atoms with Crippen LogP contribution in [0.3, 0.4) is 0 Å². The highest BCUT2D eigenvalue weighted by Gasteiger charge is 2.56. The smallest absolute Gasteiger partial charge is 0.248 e. The van der Waals surface area contributed by atoms with E-state index in [0.29, 0.717) is 16.8 Å². The third-order valence-electron chi connectivity index (χ3n) is 4.29. The van der Waals surface area contributed by atoms with Crippen LogP contribution in [0.4, 0.5) is 5.69 Å². The van der Waals surface area contributed by atoms with E-state index >= 15 is 0 Å². The minimum Gasteiger partial charge on any atom is -0.399 e. The molecule has 0 saturated carbocycles. The van der Waals surface area contributed by atoms with Gasteiger partial charge in [0.1, 0.15) is 5.41 Å². The van der Waals surface area contributed by atoms with Crippen LogP contribution in [-0.2, 0) is 15.0 Å². The Morgan fingerprint density at radius 2 is 1.65 bits per heavy atom. The average molecular weight is 308 g/mol. The van der Waals surface area contributed by atoms with Crippen molar-refractivity contribution < 1.29 is 14.4 Å². The summed E-state index contributed by atoms with van der Waals surface area (Å²) in [7, 11) is 1.41. The van der Waals surface area contributed by atoms with Gasteiger partial charge in [-0.1, -0.05) is 30.3 Å². The molecule has 1 aliphatic heterocycles. The van der Waals surface area contributed by atoms with E-state index < -0.39 is 11.3 Å². The van der Waals surface area contributed by atoms with Gasteiger partial charge in [-0.25, -0.2) is 0 Å². The summed E-state index contributed by atoms with van der Waals surface area (Å²) in [6, 6.07) is 15.1. The van der Waals surface area contributed by atoms with Gasteiger partial charge in [-0.15, -0.1) is 0 Å². The summed E-state index contributed by atoms with van der Waals surface area (Å²) in [5.41, 5.74) is 5.58. The number of imide groups is 1. The van der Waals surface area contributed by atoms with Gasteiger partial charge in [0, 0.05) is 18.3 Å². The number of hydrogen-bond donors (Lipinski definition) is 1. The van der Waals surface area contributed by atoms with E-state index in [1.807, 2.05) is 0 Å². The van der Waals surface area contributed by atoms with Crippen molar-refractivity contribution in [3.63, 3.8) is 0 Å². The van der Waals surface area contributed by atoms with Crippen LogP contribution in [0.1, 0.15) is 22.3 Å². The molecule has 23 heavy (non-hydrogen) atoms. The number of likely N-dealkylation sites (tertiary alicyclic amines) is 1. The Morgan fingerprint density at radius 1 is 1.04 bits per heavy atom. The summed E-state index contributed by atoms with van der Waals surface area (Å²) >= 11 is 0. The molecule has 1 unspecified atom stereocenters. The minimum absolute atomic E-state index is 0.157. The zero-order valence-electron chi connectivity index (χ0n) is 12.7. The van der Waals surface area contributed by atoms with Crippen molar-refractivity contribution in [2.75, 3.05) is 12.8 Å². The van der Waals surface area contributed by atoms with Crippen LogP contribution in [-0.4, -0.2) is 29.5 Å². The Bertz CT molecular complexity index is 784. The maximum atomic E-state index is 13.1. The lowest BCUT2D eigenvalue weighted by Gasteiger charge is -2.25. The standard InChI is InChI=1S/C18H16N2O3/c1-20-15(21)11-18(17(20)23,13-5-3-2-4-6-13)16(22)12-7-9-14(19)10-8-12/h2-10H,11,19H2,1H3. The lowest BCUT2D eigenvalue weighted by molar-refractivity contribution is -0.137. The average Bonchev–Trinajstić information content (AvgIpc) is 2.81. The van der Waals surface area contributed by atoms with Gasteiger partial charge in [-0.3, -0.25) is 19.3 Å². The molecule has 0 bridgehead atoms. The van der Waals surface area contributed by atoms with Gasteiger partial charge in [0.15, 0.2) is 5.78 Å². The molecule has 2 aromatic rings. The van der Waals surface area contributed by atoms with Gasteiger partial charge in [-0.05, 0) is 29.8 Å². The SMILES string of the molecule is CN1C(=O)CC(C(=O)c2ccc(N)cc2)(c2ccccc2)C1=O. The van der Waals surface area contributed by atoms with E-state index in [0.717, 1.165) is 4.90 Å². The van der Waals surface area contributed by atoms with Gasteiger partial charge in [0.25, 0.3) is 0 Å².